The molecule has 1 heterocycles. The molecule has 0 saturated heterocycles. The van der Waals surface area contributed by atoms with Gasteiger partial charge >= 0.3 is 0 Å². The second-order valence-corrected chi connectivity index (χ2v) is 7.78. The van der Waals surface area contributed by atoms with Crippen LogP contribution >= 0.6 is 0 Å². The van der Waals surface area contributed by atoms with E-state index in [0.29, 0.717) is 5.56 Å². The third kappa shape index (κ3) is 2.61. The number of aromatic nitrogens is 1. The van der Waals surface area contributed by atoms with Crippen molar-refractivity contribution in [1.82, 2.24) is 4.98 Å². The molecule has 0 bridgehead atoms. The summed E-state index contributed by atoms with van der Waals surface area (Å²) in [5.74, 6) is -1.55. The molecule has 7 nitrogen and oxygen atoms in total. The summed E-state index contributed by atoms with van der Waals surface area (Å²) in [6.07, 6.45) is 0. The summed E-state index contributed by atoms with van der Waals surface area (Å²) in [5, 5.41) is 20.3. The summed E-state index contributed by atoms with van der Waals surface area (Å²) in [6, 6.07) is 12.4. The number of benzene rings is 2. The first-order valence-corrected chi connectivity index (χ1v) is 9.43. The van der Waals surface area contributed by atoms with E-state index in [-0.39, 0.29) is 27.5 Å². The predicted molar refractivity (Wildman–Crippen MR) is 98.8 cm³/mol. The number of aromatic hydroxyl groups is 2. The van der Waals surface area contributed by atoms with Crippen LogP contribution in [0.4, 0.5) is 0 Å². The molecule has 0 fully saturated rings. The zero-order chi connectivity index (χ0) is 19.3. The molecule has 0 spiro atoms. The van der Waals surface area contributed by atoms with Gasteiger partial charge in [0.2, 0.25) is 11.7 Å². The van der Waals surface area contributed by atoms with E-state index in [9.17, 15) is 23.4 Å². The highest BCUT2D eigenvalue weighted by molar-refractivity contribution is 7.90. The van der Waals surface area contributed by atoms with Crippen molar-refractivity contribution in [1.29, 1.82) is 0 Å². The van der Waals surface area contributed by atoms with Crippen molar-refractivity contribution < 1.29 is 23.4 Å². The Morgan fingerprint density at radius 2 is 1.48 bits per heavy atom. The van der Waals surface area contributed by atoms with Crippen LogP contribution in [-0.4, -0.2) is 35.1 Å². The lowest BCUT2D eigenvalue weighted by Gasteiger charge is -2.17. The molecule has 3 N–H and O–H groups in total. The quantitative estimate of drug-likeness (QED) is 0.629. The van der Waals surface area contributed by atoms with E-state index in [1.54, 1.807) is 30.3 Å². The van der Waals surface area contributed by atoms with Crippen LogP contribution in [0.2, 0.25) is 0 Å². The third-order valence-corrected chi connectivity index (χ3v) is 5.67. The summed E-state index contributed by atoms with van der Waals surface area (Å²) < 4.78 is 29.1. The summed E-state index contributed by atoms with van der Waals surface area (Å²) >= 11 is 0. The Morgan fingerprint density at radius 1 is 0.889 bits per heavy atom. The van der Waals surface area contributed by atoms with Crippen LogP contribution in [0.3, 0.4) is 0 Å². The van der Waals surface area contributed by atoms with Crippen molar-refractivity contribution in [2.75, 3.05) is 0 Å². The van der Waals surface area contributed by atoms with E-state index in [1.807, 2.05) is 6.92 Å². The van der Waals surface area contributed by atoms with Crippen LogP contribution in [0.25, 0.3) is 11.1 Å². The lowest BCUT2D eigenvalue weighted by Crippen LogP contribution is -2.23. The first-order chi connectivity index (χ1) is 12.8. The van der Waals surface area contributed by atoms with Gasteiger partial charge in [-0.2, -0.15) is 12.8 Å². The van der Waals surface area contributed by atoms with E-state index < -0.39 is 27.4 Å². The van der Waals surface area contributed by atoms with Gasteiger partial charge in [0, 0.05) is 5.56 Å². The molecular formula is C19H14N2O5S. The van der Waals surface area contributed by atoms with Gasteiger partial charge in [0.15, 0.2) is 5.88 Å². The molecule has 1 aliphatic rings. The van der Waals surface area contributed by atoms with Crippen molar-refractivity contribution in [2.24, 2.45) is 4.40 Å². The summed E-state index contributed by atoms with van der Waals surface area (Å²) in [5.41, 5.74) is 1.01. The fourth-order valence-corrected chi connectivity index (χ4v) is 4.08. The molecule has 27 heavy (non-hydrogen) atoms. The molecular weight excluding hydrogens is 368 g/mol. The van der Waals surface area contributed by atoms with E-state index in [1.165, 1.54) is 18.2 Å². The maximum Gasteiger partial charge on any atom is 0.283 e. The zero-order valence-corrected chi connectivity index (χ0v) is 14.9. The SMILES string of the molecule is Cc1ccc(S(=O)(=O)N=C2C(=O)c3ccccc3-c3c(O)[nH]c(O)c32)cc1. The van der Waals surface area contributed by atoms with Crippen molar-refractivity contribution in [3.8, 4) is 22.9 Å². The molecule has 136 valence electrons. The topological polar surface area (TPSA) is 120 Å². The maximum atomic E-state index is 12.9. The van der Waals surface area contributed by atoms with Crippen molar-refractivity contribution in [2.45, 2.75) is 11.8 Å². The van der Waals surface area contributed by atoms with Gasteiger partial charge in [0.1, 0.15) is 5.71 Å². The summed E-state index contributed by atoms with van der Waals surface area (Å²) in [4.78, 5) is 15.2. The molecule has 1 aliphatic carbocycles. The Morgan fingerprint density at radius 3 is 2.15 bits per heavy atom. The van der Waals surface area contributed by atoms with Crippen LogP contribution in [0.15, 0.2) is 57.8 Å². The molecule has 8 heteroatoms. The van der Waals surface area contributed by atoms with E-state index >= 15 is 0 Å². The molecule has 3 aromatic rings. The van der Waals surface area contributed by atoms with Crippen LogP contribution in [0.5, 0.6) is 11.8 Å². The van der Waals surface area contributed by atoms with Crippen molar-refractivity contribution in [3.63, 3.8) is 0 Å². The van der Waals surface area contributed by atoms with Crippen LogP contribution in [-0.2, 0) is 10.0 Å². The molecule has 0 unspecified atom stereocenters. The lowest BCUT2D eigenvalue weighted by molar-refractivity contribution is 0.106. The second-order valence-electron chi connectivity index (χ2n) is 6.17. The Kier molecular flexibility index (Phi) is 3.67. The van der Waals surface area contributed by atoms with E-state index in [0.717, 1.165) is 5.56 Å². The third-order valence-electron chi connectivity index (χ3n) is 4.38. The molecule has 2 aromatic carbocycles. The number of hydrogen-bond acceptors (Lipinski definition) is 5. The number of rotatable bonds is 2. The molecule has 0 atom stereocenters. The fourth-order valence-electron chi connectivity index (χ4n) is 3.08. The smallest absolute Gasteiger partial charge is 0.283 e. The largest absolute Gasteiger partial charge is 0.494 e. The highest BCUT2D eigenvalue weighted by Crippen LogP contribution is 2.44. The van der Waals surface area contributed by atoms with Crippen molar-refractivity contribution in [3.05, 3.63) is 65.2 Å². The van der Waals surface area contributed by atoms with Gasteiger partial charge in [-0.15, -0.1) is 0 Å². The number of sulfonamides is 1. The van der Waals surface area contributed by atoms with Crippen LogP contribution in [0, 0.1) is 6.92 Å². The predicted octanol–water partition coefficient (Wildman–Crippen LogP) is 2.78. The summed E-state index contributed by atoms with van der Waals surface area (Å²) in [6.45, 7) is 1.82. The van der Waals surface area contributed by atoms with Gasteiger partial charge in [-0.3, -0.25) is 9.78 Å². The normalized spacial score (nSPS) is 14.9. The van der Waals surface area contributed by atoms with E-state index in [4.69, 9.17) is 0 Å². The number of fused-ring (bicyclic) bond motifs is 3. The number of aromatic amines is 1. The number of aryl methyl sites for hydroxylation is 1. The minimum Gasteiger partial charge on any atom is -0.494 e. The highest BCUT2D eigenvalue weighted by atomic mass is 32.2. The average molecular weight is 382 g/mol. The maximum absolute atomic E-state index is 12.9. The van der Waals surface area contributed by atoms with Crippen molar-refractivity contribution >= 4 is 21.5 Å². The van der Waals surface area contributed by atoms with Gasteiger partial charge in [-0.1, -0.05) is 42.0 Å². The van der Waals surface area contributed by atoms with Gasteiger partial charge in [0.25, 0.3) is 10.0 Å². The number of ketones is 1. The Hall–Kier alpha value is -3.39. The Bertz CT molecular complexity index is 1220. The Labute approximate surface area is 154 Å². The number of hydrogen-bond donors (Lipinski definition) is 3. The molecule has 4 rings (SSSR count). The van der Waals surface area contributed by atoms with Gasteiger partial charge in [0.05, 0.1) is 16.0 Å². The Balaban J connectivity index is 1.98. The fraction of sp³-hybridized carbons (Fsp3) is 0.0526. The molecule has 0 radical (unpaired) electrons. The first kappa shape index (κ1) is 17.0. The number of carbonyl (C=O) groups excluding carboxylic acids is 1. The highest BCUT2D eigenvalue weighted by Gasteiger charge is 2.36. The number of Topliss-reactive ketones (excluding diaryl/α,β-unsaturated/α-hetero) is 1. The summed E-state index contributed by atoms with van der Waals surface area (Å²) in [7, 11) is -4.20. The molecule has 0 saturated carbocycles. The monoisotopic (exact) mass is 382 g/mol. The molecule has 0 amide bonds. The first-order valence-electron chi connectivity index (χ1n) is 7.99. The van der Waals surface area contributed by atoms with Gasteiger partial charge < -0.3 is 10.2 Å². The molecule has 0 aliphatic heterocycles. The number of nitrogens with one attached hydrogen (secondary N) is 1. The number of carbonyl (C=O) groups is 1. The minimum atomic E-state index is -4.20. The molecule has 1 aromatic heterocycles. The number of H-pyrrole nitrogens is 1. The van der Waals surface area contributed by atoms with Gasteiger partial charge in [-0.05, 0) is 24.6 Å². The van der Waals surface area contributed by atoms with Crippen LogP contribution < -0.4 is 0 Å². The number of nitrogens with zero attached hydrogens (tertiary/aromatic N) is 1. The average Bonchev–Trinajstić information content (AvgIpc) is 2.93. The second kappa shape index (κ2) is 5.82. The van der Waals surface area contributed by atoms with Crippen LogP contribution in [0.1, 0.15) is 21.5 Å². The minimum absolute atomic E-state index is 0.0759. The standard InChI is InChI=1S/C19H14N2O5S/c1-10-6-8-11(9-7-10)27(25,26)21-16-15-14(18(23)20-19(15)24)12-4-2-3-5-13(12)17(16)22/h2-9,20,23-24H,1H3. The zero-order valence-electron chi connectivity index (χ0n) is 14.1. The van der Waals surface area contributed by atoms with E-state index in [2.05, 4.69) is 9.38 Å². The lowest BCUT2D eigenvalue weighted by atomic mass is 9.85. The van der Waals surface area contributed by atoms with Gasteiger partial charge in [-0.25, -0.2) is 0 Å².